The summed E-state index contributed by atoms with van der Waals surface area (Å²) in [6.07, 6.45) is 2.35. The van der Waals surface area contributed by atoms with Gasteiger partial charge in [0.15, 0.2) is 0 Å². The second kappa shape index (κ2) is 7.95. The maximum absolute atomic E-state index is 13.1. The minimum Gasteiger partial charge on any atom is -0.491 e. The molecular formula is C18H25N3O5S. The van der Waals surface area contributed by atoms with Crippen molar-refractivity contribution < 1.29 is 24.3 Å². The molecule has 0 unspecified atom stereocenters. The Kier molecular flexibility index (Phi) is 5.83. The SMILES string of the molecule is C[C@H]1COc2cc(C(=O)NO)ccc2CN1C(=O)N1C[C@H]2CC[C@H](C1)O2.S. The molecule has 1 aromatic rings. The number of amides is 3. The highest BCUT2D eigenvalue weighted by molar-refractivity contribution is 7.59. The molecule has 2 bridgehead atoms. The van der Waals surface area contributed by atoms with Gasteiger partial charge in [-0.1, -0.05) is 6.07 Å². The molecule has 0 aromatic heterocycles. The lowest BCUT2D eigenvalue weighted by Gasteiger charge is -2.37. The van der Waals surface area contributed by atoms with Crippen LogP contribution in [0.4, 0.5) is 4.79 Å². The van der Waals surface area contributed by atoms with Gasteiger partial charge >= 0.3 is 6.03 Å². The van der Waals surface area contributed by atoms with E-state index in [9.17, 15) is 9.59 Å². The number of carbonyl (C=O) groups excluding carboxylic acids is 2. The Bertz CT molecular complexity index is 719. The normalized spacial score (nSPS) is 26.4. The summed E-state index contributed by atoms with van der Waals surface area (Å²) in [6, 6.07) is 4.89. The van der Waals surface area contributed by atoms with Gasteiger partial charge in [0.25, 0.3) is 5.91 Å². The van der Waals surface area contributed by atoms with Gasteiger partial charge in [0, 0.05) is 24.2 Å². The summed E-state index contributed by atoms with van der Waals surface area (Å²) in [4.78, 5) is 28.4. The van der Waals surface area contributed by atoms with E-state index in [1.807, 2.05) is 16.7 Å². The fourth-order valence-corrected chi connectivity index (χ4v) is 3.87. The molecule has 2 N–H and O–H groups in total. The Labute approximate surface area is 164 Å². The number of hydroxylamine groups is 1. The molecule has 0 saturated carbocycles. The van der Waals surface area contributed by atoms with Crippen LogP contribution in [-0.2, 0) is 11.3 Å². The molecule has 27 heavy (non-hydrogen) atoms. The van der Waals surface area contributed by atoms with E-state index in [1.165, 1.54) is 0 Å². The van der Waals surface area contributed by atoms with Crippen molar-refractivity contribution in [2.45, 2.75) is 44.6 Å². The average Bonchev–Trinajstić information content (AvgIpc) is 2.90. The maximum Gasteiger partial charge on any atom is 0.320 e. The van der Waals surface area contributed by atoms with Gasteiger partial charge in [-0.2, -0.15) is 13.5 Å². The van der Waals surface area contributed by atoms with Gasteiger partial charge in [-0.15, -0.1) is 0 Å². The van der Waals surface area contributed by atoms with Crippen molar-refractivity contribution in [1.82, 2.24) is 15.3 Å². The zero-order valence-corrected chi connectivity index (χ0v) is 16.2. The molecule has 3 aliphatic rings. The molecule has 3 atom stereocenters. The number of rotatable bonds is 1. The first kappa shape index (κ1) is 19.8. The molecule has 0 aliphatic carbocycles. The van der Waals surface area contributed by atoms with Gasteiger partial charge in [0.2, 0.25) is 0 Å². The number of benzene rings is 1. The van der Waals surface area contributed by atoms with Crippen LogP contribution in [0.25, 0.3) is 0 Å². The van der Waals surface area contributed by atoms with Crippen LogP contribution in [0.2, 0.25) is 0 Å². The number of hydrogen-bond acceptors (Lipinski definition) is 5. The Morgan fingerprint density at radius 2 is 1.93 bits per heavy atom. The van der Waals surface area contributed by atoms with E-state index in [2.05, 4.69) is 0 Å². The summed E-state index contributed by atoms with van der Waals surface area (Å²) in [5.41, 5.74) is 2.77. The number of ether oxygens (including phenoxy) is 2. The Hall–Kier alpha value is -1.97. The highest BCUT2D eigenvalue weighted by atomic mass is 32.1. The van der Waals surface area contributed by atoms with Crippen molar-refractivity contribution in [3.8, 4) is 5.75 Å². The van der Waals surface area contributed by atoms with Gasteiger partial charge in [-0.3, -0.25) is 10.0 Å². The maximum atomic E-state index is 13.1. The van der Waals surface area contributed by atoms with E-state index in [0.29, 0.717) is 37.6 Å². The minimum absolute atomic E-state index is 0. The number of carbonyl (C=O) groups is 2. The summed E-state index contributed by atoms with van der Waals surface area (Å²) in [6.45, 7) is 4.01. The lowest BCUT2D eigenvalue weighted by atomic mass is 10.1. The highest BCUT2D eigenvalue weighted by Crippen LogP contribution is 2.30. The van der Waals surface area contributed by atoms with Gasteiger partial charge < -0.3 is 19.3 Å². The standard InChI is InChI=1S/C18H23N3O5.H2S/c1-11-10-25-16-6-12(17(22)19-24)2-3-13(16)7-21(11)18(23)20-8-14-4-5-15(9-20)26-14;/h2-3,6,11,14-15,24H,4-5,7-10H2,1H3,(H,19,22);1H2/t11-,14+,15+;/m0./s1. The zero-order valence-electron chi connectivity index (χ0n) is 15.2. The molecule has 3 aliphatic heterocycles. The molecule has 148 valence electrons. The summed E-state index contributed by atoms with van der Waals surface area (Å²) in [7, 11) is 0. The van der Waals surface area contributed by atoms with Crippen LogP contribution in [-0.4, -0.2) is 64.9 Å². The van der Waals surface area contributed by atoms with Crippen molar-refractivity contribution in [1.29, 1.82) is 0 Å². The molecule has 2 fully saturated rings. The topological polar surface area (TPSA) is 91.3 Å². The number of urea groups is 1. The largest absolute Gasteiger partial charge is 0.491 e. The first-order valence-electron chi connectivity index (χ1n) is 8.96. The van der Waals surface area contributed by atoms with Crippen molar-refractivity contribution in [3.63, 3.8) is 0 Å². The van der Waals surface area contributed by atoms with Crippen LogP contribution in [0, 0.1) is 0 Å². The van der Waals surface area contributed by atoms with Crippen LogP contribution >= 0.6 is 13.5 Å². The number of nitrogens with zero attached hydrogens (tertiary/aromatic N) is 2. The van der Waals surface area contributed by atoms with Crippen LogP contribution in [0.15, 0.2) is 18.2 Å². The summed E-state index contributed by atoms with van der Waals surface area (Å²) < 4.78 is 11.6. The summed E-state index contributed by atoms with van der Waals surface area (Å²) in [5, 5.41) is 8.79. The smallest absolute Gasteiger partial charge is 0.320 e. The Morgan fingerprint density at radius 1 is 1.22 bits per heavy atom. The molecular weight excluding hydrogens is 370 g/mol. The number of hydrogen-bond donors (Lipinski definition) is 2. The zero-order chi connectivity index (χ0) is 18.3. The number of fused-ring (bicyclic) bond motifs is 3. The third-order valence-corrected chi connectivity index (χ3v) is 5.34. The fourth-order valence-electron chi connectivity index (χ4n) is 3.87. The Balaban J connectivity index is 0.00000210. The third kappa shape index (κ3) is 3.85. The molecule has 0 spiro atoms. The van der Waals surface area contributed by atoms with E-state index in [1.54, 1.807) is 23.7 Å². The molecule has 2 saturated heterocycles. The highest BCUT2D eigenvalue weighted by Gasteiger charge is 2.38. The van der Waals surface area contributed by atoms with E-state index < -0.39 is 5.91 Å². The van der Waals surface area contributed by atoms with Crippen LogP contribution < -0.4 is 10.2 Å². The second-order valence-electron chi connectivity index (χ2n) is 7.20. The van der Waals surface area contributed by atoms with E-state index in [4.69, 9.17) is 14.7 Å². The Morgan fingerprint density at radius 3 is 2.59 bits per heavy atom. The second-order valence-corrected chi connectivity index (χ2v) is 7.20. The monoisotopic (exact) mass is 395 g/mol. The molecule has 9 heteroatoms. The molecule has 8 nitrogen and oxygen atoms in total. The van der Waals surface area contributed by atoms with Crippen LogP contribution in [0.3, 0.4) is 0 Å². The molecule has 3 amide bonds. The molecule has 4 rings (SSSR count). The van der Waals surface area contributed by atoms with E-state index in [0.717, 1.165) is 18.4 Å². The van der Waals surface area contributed by atoms with Crippen molar-refractivity contribution >= 4 is 25.4 Å². The first-order chi connectivity index (χ1) is 12.5. The van der Waals surface area contributed by atoms with Gasteiger partial charge in [-0.25, -0.2) is 10.3 Å². The van der Waals surface area contributed by atoms with E-state index in [-0.39, 0.29) is 37.8 Å². The quantitative estimate of drug-likeness (QED) is 0.555. The lowest BCUT2D eigenvalue weighted by molar-refractivity contribution is -0.0306. The summed E-state index contributed by atoms with van der Waals surface area (Å²) >= 11 is 0. The molecule has 3 heterocycles. The lowest BCUT2D eigenvalue weighted by Crippen LogP contribution is -2.53. The first-order valence-corrected chi connectivity index (χ1v) is 8.96. The van der Waals surface area contributed by atoms with Crippen molar-refractivity contribution in [2.24, 2.45) is 0 Å². The number of nitrogens with one attached hydrogen (secondary N) is 1. The predicted molar refractivity (Wildman–Crippen MR) is 101 cm³/mol. The molecule has 0 radical (unpaired) electrons. The minimum atomic E-state index is -0.592. The van der Waals surface area contributed by atoms with Crippen molar-refractivity contribution in [3.05, 3.63) is 29.3 Å². The third-order valence-electron chi connectivity index (χ3n) is 5.34. The van der Waals surface area contributed by atoms with Crippen LogP contribution in [0.1, 0.15) is 35.7 Å². The summed E-state index contributed by atoms with van der Waals surface area (Å²) in [5.74, 6) is -0.0271. The number of morpholine rings is 1. The fraction of sp³-hybridized carbons (Fsp3) is 0.556. The van der Waals surface area contributed by atoms with Gasteiger partial charge in [0.05, 0.1) is 24.8 Å². The number of likely N-dealkylation sites (tertiary alicyclic amines) is 1. The average molecular weight is 395 g/mol. The van der Waals surface area contributed by atoms with Crippen molar-refractivity contribution in [2.75, 3.05) is 19.7 Å². The van der Waals surface area contributed by atoms with Crippen LogP contribution in [0.5, 0.6) is 5.75 Å². The van der Waals surface area contributed by atoms with Gasteiger partial charge in [0.1, 0.15) is 12.4 Å². The van der Waals surface area contributed by atoms with Gasteiger partial charge in [-0.05, 0) is 31.9 Å². The molecule has 1 aromatic carbocycles. The van der Waals surface area contributed by atoms with E-state index >= 15 is 0 Å². The predicted octanol–water partition coefficient (Wildman–Crippen LogP) is 1.48.